The second kappa shape index (κ2) is 10.5. The van der Waals surface area contributed by atoms with Crippen LogP contribution in [-0.4, -0.2) is 83.4 Å². The summed E-state index contributed by atoms with van der Waals surface area (Å²) in [4.78, 5) is 8.18. The molecule has 0 aromatic carbocycles. The van der Waals surface area contributed by atoms with E-state index in [0.717, 1.165) is 18.2 Å². The molecule has 1 aliphatic heterocycles. The number of anilines is 1. The summed E-state index contributed by atoms with van der Waals surface area (Å²) in [5.41, 5.74) is 0. The van der Waals surface area contributed by atoms with Gasteiger partial charge < -0.3 is 14.9 Å². The molecule has 1 fully saturated rings. The van der Waals surface area contributed by atoms with Crippen molar-refractivity contribution < 1.29 is 32.1 Å². The first-order valence-electron chi connectivity index (χ1n) is 8.70. The number of rotatable bonds is 12. The standard InChI is InChI=1S/C15H24F2N4O5S2/c1-10(12(23)9-22)26-14-7-13(20-28(24,25)21-4-2-5-21)18-15(19-14)27-6-3-11(17)8-16/h7,10-12,22-23H,2-6,8-9H2,1H3,(H,18,19,20)/t10-,11?,12+/m1/s1. The lowest BCUT2D eigenvalue weighted by molar-refractivity contribution is 0.00599. The summed E-state index contributed by atoms with van der Waals surface area (Å²) in [6.07, 6.45) is -2.85. The van der Waals surface area contributed by atoms with Gasteiger partial charge in [-0.25, -0.2) is 13.8 Å². The Labute approximate surface area is 166 Å². The van der Waals surface area contributed by atoms with E-state index in [-0.39, 0.29) is 29.0 Å². The summed E-state index contributed by atoms with van der Waals surface area (Å²) in [6, 6.07) is 1.25. The van der Waals surface area contributed by atoms with Crippen molar-refractivity contribution in [1.29, 1.82) is 0 Å². The van der Waals surface area contributed by atoms with Crippen molar-refractivity contribution >= 4 is 27.8 Å². The Balaban J connectivity index is 2.16. The number of thioether (sulfide) groups is 1. The number of hydrogen-bond acceptors (Lipinski definition) is 8. The fraction of sp³-hybridized carbons (Fsp3) is 0.733. The van der Waals surface area contributed by atoms with E-state index in [1.807, 2.05) is 0 Å². The summed E-state index contributed by atoms with van der Waals surface area (Å²) < 4.78 is 58.8. The number of aromatic nitrogens is 2. The maximum Gasteiger partial charge on any atom is 0.302 e. The lowest BCUT2D eigenvalue weighted by Gasteiger charge is -2.29. The van der Waals surface area contributed by atoms with Gasteiger partial charge in [-0.2, -0.15) is 17.7 Å². The van der Waals surface area contributed by atoms with E-state index >= 15 is 0 Å². The molecule has 0 bridgehead atoms. The molecule has 0 spiro atoms. The van der Waals surface area contributed by atoms with E-state index < -0.39 is 41.9 Å². The molecule has 1 aromatic heterocycles. The van der Waals surface area contributed by atoms with Crippen LogP contribution in [0.4, 0.5) is 14.6 Å². The first kappa shape index (κ1) is 23.0. The van der Waals surface area contributed by atoms with Gasteiger partial charge in [0.05, 0.1) is 6.61 Å². The van der Waals surface area contributed by atoms with Gasteiger partial charge in [0.2, 0.25) is 5.88 Å². The van der Waals surface area contributed by atoms with Crippen molar-refractivity contribution in [3.63, 3.8) is 0 Å². The zero-order valence-corrected chi connectivity index (χ0v) is 16.9. The normalized spacial score (nSPS) is 18.2. The second-order valence-corrected chi connectivity index (χ2v) is 8.93. The molecule has 1 aliphatic rings. The Bertz CT molecular complexity index is 739. The predicted octanol–water partition coefficient (Wildman–Crippen LogP) is 0.749. The van der Waals surface area contributed by atoms with Gasteiger partial charge in [-0.1, -0.05) is 11.8 Å². The molecule has 9 nitrogen and oxygen atoms in total. The minimum absolute atomic E-state index is 0.0268. The Hall–Kier alpha value is -1.28. The molecular weight excluding hydrogens is 418 g/mol. The van der Waals surface area contributed by atoms with Crippen LogP contribution >= 0.6 is 11.8 Å². The smallest absolute Gasteiger partial charge is 0.302 e. The van der Waals surface area contributed by atoms with Gasteiger partial charge in [0, 0.05) is 24.9 Å². The third kappa shape index (κ3) is 6.65. The first-order chi connectivity index (χ1) is 13.2. The van der Waals surface area contributed by atoms with Gasteiger partial charge in [-0.05, 0) is 19.8 Å². The Morgan fingerprint density at radius 3 is 2.71 bits per heavy atom. The SMILES string of the molecule is C[C@@H](Oc1cc(NS(=O)(=O)N2CCC2)nc(SCCC(F)CF)n1)[C@@H](O)CO. The summed E-state index contributed by atoms with van der Waals surface area (Å²) in [7, 11) is -3.77. The predicted molar refractivity (Wildman–Crippen MR) is 100 cm³/mol. The van der Waals surface area contributed by atoms with Crippen LogP contribution < -0.4 is 9.46 Å². The number of hydrogen-bond donors (Lipinski definition) is 3. The van der Waals surface area contributed by atoms with Crippen molar-refractivity contribution in [2.75, 3.05) is 36.8 Å². The molecule has 0 amide bonds. The minimum atomic E-state index is -3.77. The molecule has 160 valence electrons. The molecule has 3 N–H and O–H groups in total. The maximum atomic E-state index is 13.0. The Morgan fingerprint density at radius 2 is 2.14 bits per heavy atom. The van der Waals surface area contributed by atoms with Crippen molar-refractivity contribution in [3.05, 3.63) is 6.07 Å². The highest BCUT2D eigenvalue weighted by Gasteiger charge is 2.28. The first-order valence-corrected chi connectivity index (χ1v) is 11.1. The van der Waals surface area contributed by atoms with Crippen molar-refractivity contribution in [2.45, 2.75) is 43.3 Å². The summed E-state index contributed by atoms with van der Waals surface area (Å²) in [5.74, 6) is 0.107. The largest absolute Gasteiger partial charge is 0.472 e. The van der Waals surface area contributed by atoms with E-state index in [1.54, 1.807) is 0 Å². The molecule has 2 heterocycles. The molecule has 1 unspecified atom stereocenters. The Kier molecular flexibility index (Phi) is 8.61. The number of aliphatic hydroxyl groups excluding tert-OH is 2. The molecule has 0 aliphatic carbocycles. The lowest BCUT2D eigenvalue weighted by Crippen LogP contribution is -2.45. The molecule has 28 heavy (non-hydrogen) atoms. The average molecular weight is 443 g/mol. The monoisotopic (exact) mass is 442 g/mol. The second-order valence-electron chi connectivity index (χ2n) is 6.20. The fourth-order valence-corrected chi connectivity index (χ4v) is 4.19. The van der Waals surface area contributed by atoms with Crippen LogP contribution in [0.3, 0.4) is 0 Å². The van der Waals surface area contributed by atoms with E-state index in [1.165, 1.54) is 17.3 Å². The molecule has 13 heteroatoms. The maximum absolute atomic E-state index is 13.0. The van der Waals surface area contributed by atoms with Gasteiger partial charge in [0.15, 0.2) is 5.16 Å². The Morgan fingerprint density at radius 1 is 1.43 bits per heavy atom. The van der Waals surface area contributed by atoms with Gasteiger partial charge in [-0.3, -0.25) is 4.72 Å². The molecule has 3 atom stereocenters. The average Bonchev–Trinajstić information content (AvgIpc) is 2.58. The van der Waals surface area contributed by atoms with Crippen LogP contribution in [-0.2, 0) is 10.2 Å². The number of aliphatic hydroxyl groups is 2. The lowest BCUT2D eigenvalue weighted by atomic mass is 10.2. The van der Waals surface area contributed by atoms with E-state index in [0.29, 0.717) is 13.1 Å². The number of alkyl halides is 2. The van der Waals surface area contributed by atoms with Gasteiger partial charge in [0.1, 0.15) is 30.9 Å². The number of nitrogens with zero attached hydrogens (tertiary/aromatic N) is 3. The number of ether oxygens (including phenoxy) is 1. The summed E-state index contributed by atoms with van der Waals surface area (Å²) in [6.45, 7) is 0.721. The third-order valence-electron chi connectivity index (χ3n) is 3.94. The molecule has 2 rings (SSSR count). The molecule has 0 saturated carbocycles. The van der Waals surface area contributed by atoms with Crippen molar-refractivity contribution in [2.24, 2.45) is 0 Å². The van der Waals surface area contributed by atoms with Gasteiger partial charge in [0.25, 0.3) is 0 Å². The van der Waals surface area contributed by atoms with Crippen LogP contribution in [0.2, 0.25) is 0 Å². The zero-order chi connectivity index (χ0) is 20.7. The fourth-order valence-electron chi connectivity index (χ4n) is 2.08. The minimum Gasteiger partial charge on any atom is -0.472 e. The highest BCUT2D eigenvalue weighted by Crippen LogP contribution is 2.25. The molecule has 1 saturated heterocycles. The number of nitrogens with one attached hydrogen (secondary N) is 1. The zero-order valence-electron chi connectivity index (χ0n) is 15.3. The van der Waals surface area contributed by atoms with Crippen LogP contribution in [0.15, 0.2) is 11.2 Å². The van der Waals surface area contributed by atoms with E-state index in [4.69, 9.17) is 9.84 Å². The highest BCUT2D eigenvalue weighted by atomic mass is 32.2. The van der Waals surface area contributed by atoms with Crippen LogP contribution in [0, 0.1) is 0 Å². The molecular formula is C15H24F2N4O5S2. The third-order valence-corrected chi connectivity index (χ3v) is 6.33. The van der Waals surface area contributed by atoms with Crippen LogP contribution in [0.1, 0.15) is 19.8 Å². The highest BCUT2D eigenvalue weighted by molar-refractivity contribution is 7.99. The van der Waals surface area contributed by atoms with Crippen molar-refractivity contribution in [1.82, 2.24) is 14.3 Å². The topological polar surface area (TPSA) is 125 Å². The van der Waals surface area contributed by atoms with E-state index in [9.17, 15) is 22.3 Å². The van der Waals surface area contributed by atoms with Gasteiger partial charge in [-0.15, -0.1) is 0 Å². The quantitative estimate of drug-likeness (QED) is 0.320. The molecule has 1 aromatic rings. The summed E-state index contributed by atoms with van der Waals surface area (Å²) >= 11 is 1.02. The van der Waals surface area contributed by atoms with E-state index in [2.05, 4.69) is 14.7 Å². The van der Waals surface area contributed by atoms with Crippen molar-refractivity contribution in [3.8, 4) is 5.88 Å². The molecule has 0 radical (unpaired) electrons. The summed E-state index contributed by atoms with van der Waals surface area (Å²) in [5, 5.41) is 18.7. The number of halogens is 2. The van der Waals surface area contributed by atoms with Gasteiger partial charge >= 0.3 is 10.2 Å². The van der Waals surface area contributed by atoms with Crippen LogP contribution in [0.25, 0.3) is 0 Å². The van der Waals surface area contributed by atoms with Crippen LogP contribution in [0.5, 0.6) is 5.88 Å².